The molecule has 1 aromatic carbocycles. The van der Waals surface area contributed by atoms with Gasteiger partial charge in [0, 0.05) is 32.4 Å². The molecule has 5 nitrogen and oxygen atoms in total. The molecule has 1 rings (SSSR count). The van der Waals surface area contributed by atoms with Gasteiger partial charge in [-0.2, -0.15) is 0 Å². The van der Waals surface area contributed by atoms with E-state index in [1.807, 2.05) is 6.07 Å². The molecule has 0 atom stereocenters. The molecule has 0 aliphatic carbocycles. The number of nitrogens with zero attached hydrogens (tertiary/aromatic N) is 1. The lowest BCUT2D eigenvalue weighted by atomic mass is 10.2. The van der Waals surface area contributed by atoms with Gasteiger partial charge in [0.2, 0.25) is 0 Å². The van der Waals surface area contributed by atoms with Crippen molar-refractivity contribution in [1.29, 1.82) is 0 Å². The van der Waals surface area contributed by atoms with Crippen LogP contribution in [0.1, 0.15) is 12.0 Å². The van der Waals surface area contributed by atoms with Gasteiger partial charge in [-0.15, -0.1) is 0 Å². The predicted molar refractivity (Wildman–Crippen MR) is 61.3 cm³/mol. The lowest BCUT2D eigenvalue weighted by Crippen LogP contribution is -2.16. The lowest BCUT2D eigenvalue weighted by molar-refractivity contribution is -0.384. The molecule has 0 bridgehead atoms. The number of nitro benzene ring substituents is 1. The summed E-state index contributed by atoms with van der Waals surface area (Å²) in [6, 6.07) is 6.65. The van der Waals surface area contributed by atoms with Crippen LogP contribution in [0.4, 0.5) is 5.69 Å². The normalized spacial score (nSPS) is 10.3. The summed E-state index contributed by atoms with van der Waals surface area (Å²) in [7, 11) is 1.67. The SMILES string of the molecule is COCCCNCc1cccc([N+](=O)[O-])c1. The van der Waals surface area contributed by atoms with Crippen LogP contribution in [0.15, 0.2) is 24.3 Å². The van der Waals surface area contributed by atoms with E-state index in [2.05, 4.69) is 5.32 Å². The third-order valence-corrected chi connectivity index (χ3v) is 2.15. The first-order valence-corrected chi connectivity index (χ1v) is 5.17. The highest BCUT2D eigenvalue weighted by Gasteiger charge is 2.04. The standard InChI is InChI=1S/C11H16N2O3/c1-16-7-3-6-12-9-10-4-2-5-11(8-10)13(14)15/h2,4-5,8,12H,3,6-7,9H2,1H3. The molecule has 0 heterocycles. The van der Waals surface area contributed by atoms with Crippen LogP contribution in [-0.4, -0.2) is 25.2 Å². The maximum Gasteiger partial charge on any atom is 0.269 e. The Labute approximate surface area is 94.6 Å². The van der Waals surface area contributed by atoms with E-state index in [0.29, 0.717) is 6.54 Å². The fourth-order valence-corrected chi connectivity index (χ4v) is 1.35. The number of hydrogen-bond acceptors (Lipinski definition) is 4. The second-order valence-electron chi connectivity index (χ2n) is 3.45. The van der Waals surface area contributed by atoms with Gasteiger partial charge >= 0.3 is 0 Å². The molecule has 16 heavy (non-hydrogen) atoms. The maximum atomic E-state index is 10.5. The summed E-state index contributed by atoms with van der Waals surface area (Å²) in [5, 5.41) is 13.7. The average Bonchev–Trinajstić information content (AvgIpc) is 2.29. The second kappa shape index (κ2) is 6.92. The minimum absolute atomic E-state index is 0.135. The van der Waals surface area contributed by atoms with E-state index in [9.17, 15) is 10.1 Å². The third kappa shape index (κ3) is 4.37. The zero-order chi connectivity index (χ0) is 11.8. The smallest absolute Gasteiger partial charge is 0.269 e. The van der Waals surface area contributed by atoms with Gasteiger partial charge in [-0.1, -0.05) is 12.1 Å². The van der Waals surface area contributed by atoms with E-state index in [1.165, 1.54) is 6.07 Å². The van der Waals surface area contributed by atoms with Crippen LogP contribution in [0.25, 0.3) is 0 Å². The van der Waals surface area contributed by atoms with Crippen molar-refractivity contribution < 1.29 is 9.66 Å². The Morgan fingerprint density at radius 3 is 3.00 bits per heavy atom. The molecule has 1 aromatic rings. The van der Waals surface area contributed by atoms with Gasteiger partial charge in [-0.25, -0.2) is 0 Å². The maximum absolute atomic E-state index is 10.5. The van der Waals surface area contributed by atoms with Gasteiger partial charge in [0.15, 0.2) is 0 Å². The van der Waals surface area contributed by atoms with Crippen LogP contribution < -0.4 is 5.32 Å². The average molecular weight is 224 g/mol. The van der Waals surface area contributed by atoms with Crippen molar-refractivity contribution in [2.45, 2.75) is 13.0 Å². The molecule has 0 fully saturated rings. The summed E-state index contributed by atoms with van der Waals surface area (Å²) in [5.74, 6) is 0. The molecule has 1 N–H and O–H groups in total. The van der Waals surface area contributed by atoms with Gasteiger partial charge in [0.1, 0.15) is 0 Å². The van der Waals surface area contributed by atoms with Gasteiger partial charge in [0.05, 0.1) is 4.92 Å². The first-order valence-electron chi connectivity index (χ1n) is 5.17. The minimum Gasteiger partial charge on any atom is -0.385 e. The first-order chi connectivity index (χ1) is 7.74. The van der Waals surface area contributed by atoms with Crippen molar-refractivity contribution in [3.05, 3.63) is 39.9 Å². The predicted octanol–water partition coefficient (Wildman–Crippen LogP) is 1.72. The Kier molecular flexibility index (Phi) is 5.45. The number of hydrogen-bond donors (Lipinski definition) is 1. The Morgan fingerprint density at radius 2 is 2.31 bits per heavy atom. The van der Waals surface area contributed by atoms with Crippen molar-refractivity contribution in [2.75, 3.05) is 20.3 Å². The summed E-state index contributed by atoms with van der Waals surface area (Å²) in [5.41, 5.74) is 1.06. The number of nitrogens with one attached hydrogen (secondary N) is 1. The lowest BCUT2D eigenvalue weighted by Gasteiger charge is -2.04. The summed E-state index contributed by atoms with van der Waals surface area (Å²) < 4.78 is 4.92. The Morgan fingerprint density at radius 1 is 1.50 bits per heavy atom. The van der Waals surface area contributed by atoms with Crippen LogP contribution in [0.5, 0.6) is 0 Å². The zero-order valence-electron chi connectivity index (χ0n) is 9.31. The molecule has 0 spiro atoms. The molecule has 88 valence electrons. The van der Waals surface area contributed by atoms with Gasteiger partial charge in [0.25, 0.3) is 5.69 Å². The van der Waals surface area contributed by atoms with Crippen molar-refractivity contribution in [3.63, 3.8) is 0 Å². The van der Waals surface area contributed by atoms with Crippen LogP contribution >= 0.6 is 0 Å². The van der Waals surface area contributed by atoms with Crippen molar-refractivity contribution in [2.24, 2.45) is 0 Å². The summed E-state index contributed by atoms with van der Waals surface area (Å²) in [6.45, 7) is 2.21. The molecule has 0 unspecified atom stereocenters. The second-order valence-corrected chi connectivity index (χ2v) is 3.45. The van der Waals surface area contributed by atoms with E-state index in [1.54, 1.807) is 19.2 Å². The van der Waals surface area contributed by atoms with Crippen molar-refractivity contribution in [3.8, 4) is 0 Å². The van der Waals surface area contributed by atoms with Crippen LogP contribution in [-0.2, 0) is 11.3 Å². The van der Waals surface area contributed by atoms with Gasteiger partial charge < -0.3 is 10.1 Å². The molecule has 0 aliphatic rings. The molecule has 0 aromatic heterocycles. The first kappa shape index (κ1) is 12.6. The van der Waals surface area contributed by atoms with E-state index in [4.69, 9.17) is 4.74 Å². The number of methoxy groups -OCH3 is 1. The van der Waals surface area contributed by atoms with Crippen molar-refractivity contribution >= 4 is 5.69 Å². The molecule has 0 aliphatic heterocycles. The highest BCUT2D eigenvalue weighted by Crippen LogP contribution is 2.12. The van der Waals surface area contributed by atoms with E-state index in [0.717, 1.165) is 25.1 Å². The van der Waals surface area contributed by atoms with Crippen LogP contribution in [0.3, 0.4) is 0 Å². The molecule has 0 saturated carbocycles. The minimum atomic E-state index is -0.381. The number of rotatable bonds is 7. The van der Waals surface area contributed by atoms with Crippen LogP contribution in [0.2, 0.25) is 0 Å². The summed E-state index contributed by atoms with van der Waals surface area (Å²) in [4.78, 5) is 10.2. The highest BCUT2D eigenvalue weighted by atomic mass is 16.6. The van der Waals surface area contributed by atoms with E-state index < -0.39 is 0 Å². The largest absolute Gasteiger partial charge is 0.385 e. The summed E-state index contributed by atoms with van der Waals surface area (Å²) in [6.07, 6.45) is 0.936. The fourth-order valence-electron chi connectivity index (χ4n) is 1.35. The Bertz CT molecular complexity index is 342. The molecule has 0 saturated heterocycles. The molecule has 5 heteroatoms. The quantitative estimate of drug-likeness (QED) is 0.435. The van der Waals surface area contributed by atoms with Crippen LogP contribution in [0, 0.1) is 10.1 Å². The topological polar surface area (TPSA) is 64.4 Å². The Balaban J connectivity index is 2.36. The highest BCUT2D eigenvalue weighted by molar-refractivity contribution is 5.34. The number of benzene rings is 1. The fraction of sp³-hybridized carbons (Fsp3) is 0.455. The third-order valence-electron chi connectivity index (χ3n) is 2.15. The molecular weight excluding hydrogens is 208 g/mol. The number of ether oxygens (including phenoxy) is 1. The molecule has 0 radical (unpaired) electrons. The van der Waals surface area contributed by atoms with Gasteiger partial charge in [-0.3, -0.25) is 10.1 Å². The summed E-state index contributed by atoms with van der Waals surface area (Å²) >= 11 is 0. The zero-order valence-corrected chi connectivity index (χ0v) is 9.31. The monoisotopic (exact) mass is 224 g/mol. The van der Waals surface area contributed by atoms with E-state index in [-0.39, 0.29) is 10.6 Å². The van der Waals surface area contributed by atoms with Gasteiger partial charge in [-0.05, 0) is 18.5 Å². The number of nitro groups is 1. The molecular formula is C11H16N2O3. The van der Waals surface area contributed by atoms with E-state index >= 15 is 0 Å². The number of non-ortho nitro benzene ring substituents is 1. The molecule has 0 amide bonds. The Hall–Kier alpha value is -1.46. The van der Waals surface area contributed by atoms with Crippen molar-refractivity contribution in [1.82, 2.24) is 5.32 Å².